The second-order valence-corrected chi connectivity index (χ2v) is 8.85. The monoisotopic (exact) mass is 443 g/mol. The molecule has 0 N–H and O–H groups in total. The number of hydrogen-bond acceptors (Lipinski definition) is 0. The molecule has 0 fully saturated rings. The molecule has 0 aliphatic carbocycles. The van der Waals surface area contributed by atoms with Gasteiger partial charge in [-0.05, 0) is 54.3 Å². The standard InChI is InChI=1S/C30H31F2N/c1-4-5-6-7-12-23-13-11-16-26(20-23)33-22(2)28(27-17-8-9-18-29(27)33)21-24-14-10-15-25(19-24)30(3,31)32/h8-11,13-21H,2,4-7,12H2,1,3H3/b28-21-. The predicted molar refractivity (Wildman–Crippen MR) is 135 cm³/mol. The molecule has 1 aromatic heterocycles. The van der Waals surface area contributed by atoms with Crippen molar-refractivity contribution >= 4 is 23.6 Å². The Morgan fingerprint density at radius 3 is 2.48 bits per heavy atom. The van der Waals surface area contributed by atoms with E-state index >= 15 is 0 Å². The molecule has 0 atom stereocenters. The van der Waals surface area contributed by atoms with Crippen LogP contribution in [0.5, 0.6) is 0 Å². The van der Waals surface area contributed by atoms with E-state index in [2.05, 4.69) is 54.5 Å². The van der Waals surface area contributed by atoms with Crippen LogP contribution >= 0.6 is 0 Å². The molecule has 1 nitrogen and oxygen atoms in total. The third-order valence-corrected chi connectivity index (χ3v) is 6.21. The Balaban J connectivity index is 1.81. The molecule has 4 rings (SSSR count). The lowest BCUT2D eigenvalue weighted by Crippen LogP contribution is -2.26. The van der Waals surface area contributed by atoms with Crippen LogP contribution in [-0.2, 0) is 12.3 Å². The van der Waals surface area contributed by atoms with Gasteiger partial charge in [0.25, 0.3) is 5.92 Å². The number of aromatic nitrogens is 1. The number of hydrogen-bond donors (Lipinski definition) is 0. The molecule has 0 aliphatic heterocycles. The van der Waals surface area contributed by atoms with Gasteiger partial charge < -0.3 is 4.57 Å². The molecular formula is C30H31F2N. The highest BCUT2D eigenvalue weighted by Crippen LogP contribution is 2.27. The van der Waals surface area contributed by atoms with Gasteiger partial charge in [-0.1, -0.05) is 81.3 Å². The maximum absolute atomic E-state index is 13.9. The third-order valence-electron chi connectivity index (χ3n) is 6.21. The molecule has 4 aromatic rings. The lowest BCUT2D eigenvalue weighted by Gasteiger charge is -2.10. The second kappa shape index (κ2) is 9.74. The van der Waals surface area contributed by atoms with Crippen LogP contribution in [0.15, 0.2) is 72.8 Å². The van der Waals surface area contributed by atoms with Gasteiger partial charge in [0.1, 0.15) is 0 Å². The Labute approximate surface area is 194 Å². The zero-order valence-electron chi connectivity index (χ0n) is 19.5. The minimum absolute atomic E-state index is 0.0152. The summed E-state index contributed by atoms with van der Waals surface area (Å²) in [5, 5.41) is 2.87. The lowest BCUT2D eigenvalue weighted by molar-refractivity contribution is 0.0174. The number of nitrogens with zero attached hydrogens (tertiary/aromatic N) is 1. The van der Waals surface area contributed by atoms with Crippen molar-refractivity contribution in [2.75, 3.05) is 0 Å². The maximum Gasteiger partial charge on any atom is 0.270 e. The Morgan fingerprint density at radius 1 is 0.909 bits per heavy atom. The first-order chi connectivity index (χ1) is 15.9. The van der Waals surface area contributed by atoms with Crippen molar-refractivity contribution in [3.8, 4) is 5.69 Å². The average Bonchev–Trinajstić information content (AvgIpc) is 3.08. The van der Waals surface area contributed by atoms with Gasteiger partial charge in [0.15, 0.2) is 0 Å². The summed E-state index contributed by atoms with van der Waals surface area (Å²) in [6.07, 6.45) is 7.98. The molecule has 3 aromatic carbocycles. The Morgan fingerprint density at radius 2 is 1.70 bits per heavy atom. The van der Waals surface area contributed by atoms with Crippen molar-refractivity contribution < 1.29 is 8.78 Å². The molecule has 1 heterocycles. The summed E-state index contributed by atoms with van der Waals surface area (Å²) >= 11 is 0. The number of halogens is 2. The fraction of sp³-hybridized carbons (Fsp3) is 0.267. The highest BCUT2D eigenvalue weighted by molar-refractivity contribution is 5.84. The van der Waals surface area contributed by atoms with E-state index in [-0.39, 0.29) is 5.56 Å². The molecule has 0 saturated carbocycles. The first kappa shape index (κ1) is 23.0. The van der Waals surface area contributed by atoms with Crippen molar-refractivity contribution in [3.05, 3.63) is 100 Å². The Hall–Kier alpha value is -3.20. The number of alkyl halides is 2. The van der Waals surface area contributed by atoms with Gasteiger partial charge in [-0.3, -0.25) is 0 Å². The topological polar surface area (TPSA) is 4.93 Å². The molecule has 170 valence electrons. The van der Waals surface area contributed by atoms with Gasteiger partial charge in [-0.2, -0.15) is 0 Å². The molecule has 33 heavy (non-hydrogen) atoms. The van der Waals surface area contributed by atoms with Crippen LogP contribution in [0.4, 0.5) is 8.78 Å². The number of unbranched alkanes of at least 4 members (excludes halogenated alkanes) is 3. The Bertz CT molecular complexity index is 1360. The molecule has 3 heteroatoms. The second-order valence-electron chi connectivity index (χ2n) is 8.85. The molecule has 0 saturated heterocycles. The number of rotatable bonds is 8. The van der Waals surface area contributed by atoms with Crippen LogP contribution in [0.1, 0.15) is 56.2 Å². The van der Waals surface area contributed by atoms with E-state index in [1.807, 2.05) is 24.3 Å². The van der Waals surface area contributed by atoms with E-state index < -0.39 is 5.92 Å². The van der Waals surface area contributed by atoms with Crippen molar-refractivity contribution in [2.45, 2.75) is 51.9 Å². The van der Waals surface area contributed by atoms with Crippen molar-refractivity contribution in [2.24, 2.45) is 0 Å². The fourth-order valence-corrected chi connectivity index (χ4v) is 4.45. The summed E-state index contributed by atoms with van der Waals surface area (Å²) in [7, 11) is 0. The largest absolute Gasteiger partial charge is 0.310 e. The summed E-state index contributed by atoms with van der Waals surface area (Å²) < 4.78 is 29.9. The molecule has 0 bridgehead atoms. The summed E-state index contributed by atoms with van der Waals surface area (Å²) in [6, 6.07) is 23.4. The van der Waals surface area contributed by atoms with Crippen LogP contribution < -0.4 is 10.6 Å². The number of para-hydroxylation sites is 1. The van der Waals surface area contributed by atoms with Gasteiger partial charge >= 0.3 is 0 Å². The number of fused-ring (bicyclic) bond motifs is 1. The van der Waals surface area contributed by atoms with Crippen molar-refractivity contribution in [1.29, 1.82) is 0 Å². The minimum Gasteiger partial charge on any atom is -0.310 e. The normalized spacial score (nSPS) is 12.5. The zero-order chi connectivity index (χ0) is 23.4. The molecule has 0 radical (unpaired) electrons. The first-order valence-corrected chi connectivity index (χ1v) is 11.8. The highest BCUT2D eigenvalue weighted by atomic mass is 19.3. The molecular weight excluding hydrogens is 412 g/mol. The summed E-state index contributed by atoms with van der Waals surface area (Å²) in [4.78, 5) is 0. The quantitative estimate of drug-likeness (QED) is 0.256. The van der Waals surface area contributed by atoms with Crippen LogP contribution in [0.3, 0.4) is 0 Å². The fourth-order valence-electron chi connectivity index (χ4n) is 4.45. The Kier molecular flexibility index (Phi) is 6.78. The average molecular weight is 444 g/mol. The molecule has 0 aliphatic rings. The van der Waals surface area contributed by atoms with E-state index in [0.29, 0.717) is 0 Å². The van der Waals surface area contributed by atoms with Crippen molar-refractivity contribution in [1.82, 2.24) is 4.57 Å². The highest BCUT2D eigenvalue weighted by Gasteiger charge is 2.23. The van der Waals surface area contributed by atoms with E-state index in [0.717, 1.165) is 46.1 Å². The molecule has 0 spiro atoms. The van der Waals surface area contributed by atoms with Gasteiger partial charge in [-0.15, -0.1) is 0 Å². The minimum atomic E-state index is -2.87. The van der Waals surface area contributed by atoms with E-state index in [9.17, 15) is 8.78 Å². The van der Waals surface area contributed by atoms with E-state index in [1.165, 1.54) is 37.3 Å². The van der Waals surface area contributed by atoms with E-state index in [4.69, 9.17) is 0 Å². The van der Waals surface area contributed by atoms with Gasteiger partial charge in [0, 0.05) is 34.1 Å². The molecule has 0 amide bonds. The van der Waals surface area contributed by atoms with Gasteiger partial charge in [0.2, 0.25) is 0 Å². The SMILES string of the molecule is C=c1/c(=C/c2cccc(C(C)(F)F)c2)c2ccccc2n1-c1cccc(CCCCCC)c1. The predicted octanol–water partition coefficient (Wildman–Crippen LogP) is 7.10. The lowest BCUT2D eigenvalue weighted by atomic mass is 10.1. The zero-order valence-corrected chi connectivity index (χ0v) is 19.5. The summed E-state index contributed by atoms with van der Waals surface area (Å²) in [5.41, 5.74) is 4.23. The van der Waals surface area contributed by atoms with Crippen LogP contribution in [-0.4, -0.2) is 4.57 Å². The van der Waals surface area contributed by atoms with Crippen molar-refractivity contribution in [3.63, 3.8) is 0 Å². The van der Waals surface area contributed by atoms with Crippen LogP contribution in [0, 0.1) is 0 Å². The third kappa shape index (κ3) is 5.08. The van der Waals surface area contributed by atoms with Gasteiger partial charge in [-0.25, -0.2) is 8.78 Å². The summed E-state index contributed by atoms with van der Waals surface area (Å²) in [5.74, 6) is -2.87. The van der Waals surface area contributed by atoms with Crippen LogP contribution in [0.2, 0.25) is 0 Å². The summed E-state index contributed by atoms with van der Waals surface area (Å²) in [6.45, 7) is 7.56. The van der Waals surface area contributed by atoms with Gasteiger partial charge in [0.05, 0.1) is 5.52 Å². The number of aryl methyl sites for hydroxylation is 1. The first-order valence-electron chi connectivity index (χ1n) is 11.8. The van der Waals surface area contributed by atoms with Crippen LogP contribution in [0.25, 0.3) is 29.2 Å². The smallest absolute Gasteiger partial charge is 0.270 e. The maximum atomic E-state index is 13.9. The van der Waals surface area contributed by atoms with E-state index in [1.54, 1.807) is 12.1 Å². The molecule has 0 unspecified atom stereocenters. The number of benzene rings is 3.